The summed E-state index contributed by atoms with van der Waals surface area (Å²) in [5.41, 5.74) is 0.451. The van der Waals surface area contributed by atoms with Crippen LogP contribution in [0.5, 0.6) is 17.2 Å². The number of piperazine rings is 1. The summed E-state index contributed by atoms with van der Waals surface area (Å²) in [6, 6.07) is 10.5. The number of benzene rings is 2. The van der Waals surface area contributed by atoms with E-state index >= 15 is 0 Å². The highest BCUT2D eigenvalue weighted by molar-refractivity contribution is 6.32. The smallest absolute Gasteiger partial charge is 0.262 e. The van der Waals surface area contributed by atoms with Crippen LogP contribution in [-0.4, -0.2) is 66.4 Å². The number of para-hydroxylation sites is 1. The van der Waals surface area contributed by atoms with Crippen LogP contribution in [0.25, 0.3) is 10.9 Å². The third-order valence-electron chi connectivity index (χ3n) is 6.02. The van der Waals surface area contributed by atoms with E-state index in [9.17, 15) is 9.59 Å². The van der Waals surface area contributed by atoms with Crippen molar-refractivity contribution in [3.8, 4) is 17.2 Å². The number of carbonyl (C=O) groups excluding carboxylic acids is 1. The van der Waals surface area contributed by atoms with Crippen molar-refractivity contribution < 1.29 is 19.0 Å². The van der Waals surface area contributed by atoms with Gasteiger partial charge < -0.3 is 24.0 Å². The molecule has 3 aromatic rings. The van der Waals surface area contributed by atoms with Crippen molar-refractivity contribution in [3.63, 3.8) is 0 Å². The molecule has 5 rings (SSSR count). The number of hydrogen-bond donors (Lipinski definition) is 0. The van der Waals surface area contributed by atoms with Gasteiger partial charge in [0.1, 0.15) is 19.0 Å². The first kappa shape index (κ1) is 22.3. The first-order valence-electron chi connectivity index (χ1n) is 11.3. The predicted molar refractivity (Wildman–Crippen MR) is 128 cm³/mol. The van der Waals surface area contributed by atoms with E-state index in [1.807, 2.05) is 24.0 Å². The molecule has 2 aromatic carbocycles. The van der Waals surface area contributed by atoms with Crippen LogP contribution in [0.3, 0.4) is 0 Å². The monoisotopic (exact) mass is 484 g/mol. The predicted octanol–water partition coefficient (Wildman–Crippen LogP) is 2.57. The van der Waals surface area contributed by atoms with E-state index in [1.165, 1.54) is 0 Å². The van der Waals surface area contributed by atoms with Crippen LogP contribution in [0.15, 0.2) is 41.2 Å². The number of fused-ring (bicyclic) bond motifs is 2. The summed E-state index contributed by atoms with van der Waals surface area (Å²) < 4.78 is 18.5. The van der Waals surface area contributed by atoms with E-state index in [0.717, 1.165) is 0 Å². The second-order valence-electron chi connectivity index (χ2n) is 8.06. The van der Waals surface area contributed by atoms with E-state index in [0.29, 0.717) is 85.1 Å². The molecule has 10 heteroatoms. The lowest BCUT2D eigenvalue weighted by atomic mass is 10.2. The highest BCUT2D eigenvalue weighted by Gasteiger charge is 2.26. The Morgan fingerprint density at radius 2 is 1.79 bits per heavy atom. The number of halogens is 1. The van der Waals surface area contributed by atoms with E-state index in [1.54, 1.807) is 33.7 Å². The largest absolute Gasteiger partial charge is 0.486 e. The molecule has 2 aliphatic heterocycles. The van der Waals surface area contributed by atoms with E-state index in [2.05, 4.69) is 0 Å². The summed E-state index contributed by atoms with van der Waals surface area (Å²) in [5, 5.41) is 0.971. The maximum Gasteiger partial charge on any atom is 0.262 e. The minimum Gasteiger partial charge on any atom is -0.486 e. The molecule has 178 valence electrons. The van der Waals surface area contributed by atoms with Crippen molar-refractivity contribution in [2.24, 2.45) is 0 Å². The first-order valence-corrected chi connectivity index (χ1v) is 11.7. The SMILES string of the molecule is CCn1c(N2CCN(C(=O)COc3ccccc3Cl)CC2)nc2cc3c(cc2c1=O)OCCO3. The number of hydrogen-bond acceptors (Lipinski definition) is 7. The molecule has 1 saturated heterocycles. The lowest BCUT2D eigenvalue weighted by Crippen LogP contribution is -2.51. The molecule has 0 bridgehead atoms. The highest BCUT2D eigenvalue weighted by Crippen LogP contribution is 2.33. The number of carbonyl (C=O) groups is 1. The van der Waals surface area contributed by atoms with E-state index in [4.69, 9.17) is 30.8 Å². The van der Waals surface area contributed by atoms with Gasteiger partial charge in [0.25, 0.3) is 11.5 Å². The topological polar surface area (TPSA) is 86.1 Å². The van der Waals surface area contributed by atoms with Crippen LogP contribution in [-0.2, 0) is 11.3 Å². The Balaban J connectivity index is 1.31. The quantitative estimate of drug-likeness (QED) is 0.550. The number of ether oxygens (including phenoxy) is 3. The van der Waals surface area contributed by atoms with Gasteiger partial charge >= 0.3 is 0 Å². The zero-order chi connectivity index (χ0) is 23.7. The van der Waals surface area contributed by atoms with Gasteiger partial charge in [0.2, 0.25) is 5.95 Å². The second kappa shape index (κ2) is 9.42. The van der Waals surface area contributed by atoms with Crippen molar-refractivity contribution in [1.29, 1.82) is 0 Å². The van der Waals surface area contributed by atoms with Gasteiger partial charge in [0.15, 0.2) is 18.1 Å². The van der Waals surface area contributed by atoms with Crippen molar-refractivity contribution in [3.05, 3.63) is 51.8 Å². The van der Waals surface area contributed by atoms with Gasteiger partial charge in [-0.05, 0) is 25.1 Å². The summed E-state index contributed by atoms with van der Waals surface area (Å²) in [6.07, 6.45) is 0. The fraction of sp³-hybridized carbons (Fsp3) is 0.375. The van der Waals surface area contributed by atoms with Crippen molar-refractivity contribution >= 4 is 34.4 Å². The van der Waals surface area contributed by atoms with Gasteiger partial charge in [-0.1, -0.05) is 23.7 Å². The molecular formula is C24H25ClN4O5. The zero-order valence-corrected chi connectivity index (χ0v) is 19.6. The van der Waals surface area contributed by atoms with Gasteiger partial charge in [-0.3, -0.25) is 14.2 Å². The fourth-order valence-electron chi connectivity index (χ4n) is 4.22. The third-order valence-corrected chi connectivity index (χ3v) is 6.33. The molecule has 34 heavy (non-hydrogen) atoms. The summed E-state index contributed by atoms with van der Waals surface area (Å²) in [7, 11) is 0. The summed E-state index contributed by atoms with van der Waals surface area (Å²) >= 11 is 6.10. The summed E-state index contributed by atoms with van der Waals surface area (Å²) in [5.74, 6) is 2.14. The second-order valence-corrected chi connectivity index (χ2v) is 8.47. The van der Waals surface area contributed by atoms with Crippen LogP contribution in [0, 0.1) is 0 Å². The van der Waals surface area contributed by atoms with Gasteiger partial charge in [-0.25, -0.2) is 4.98 Å². The maximum atomic E-state index is 13.2. The Kier molecular flexibility index (Phi) is 6.19. The highest BCUT2D eigenvalue weighted by atomic mass is 35.5. The Hall–Kier alpha value is -3.46. The molecule has 2 aliphatic rings. The third kappa shape index (κ3) is 4.23. The molecule has 1 aromatic heterocycles. The van der Waals surface area contributed by atoms with Crippen LogP contribution >= 0.6 is 11.6 Å². The van der Waals surface area contributed by atoms with Crippen LogP contribution in [0.2, 0.25) is 5.02 Å². The Bertz CT molecular complexity index is 1290. The van der Waals surface area contributed by atoms with Crippen molar-refractivity contribution in [1.82, 2.24) is 14.5 Å². The normalized spacial score (nSPS) is 15.5. The number of nitrogens with zero attached hydrogens (tertiary/aromatic N) is 4. The standard InChI is InChI=1S/C24H25ClN4O5/c1-2-29-23(31)16-13-20-21(33-12-11-32-20)14-18(16)26-24(29)28-9-7-27(8-10-28)22(30)15-34-19-6-4-3-5-17(19)25/h3-6,13-14H,2,7-12,15H2,1H3. The van der Waals surface area contributed by atoms with Crippen molar-refractivity contribution in [2.75, 3.05) is 50.9 Å². The van der Waals surface area contributed by atoms with E-state index in [-0.39, 0.29) is 18.1 Å². The summed E-state index contributed by atoms with van der Waals surface area (Å²) in [4.78, 5) is 34.5. The van der Waals surface area contributed by atoms with Gasteiger partial charge in [-0.15, -0.1) is 0 Å². The number of anilines is 1. The lowest BCUT2D eigenvalue weighted by molar-refractivity contribution is -0.133. The molecule has 1 fully saturated rings. The van der Waals surface area contributed by atoms with E-state index < -0.39 is 0 Å². The molecule has 3 heterocycles. The van der Waals surface area contributed by atoms with Crippen molar-refractivity contribution in [2.45, 2.75) is 13.5 Å². The molecule has 0 radical (unpaired) electrons. The number of aromatic nitrogens is 2. The Morgan fingerprint density at radius 3 is 2.50 bits per heavy atom. The lowest BCUT2D eigenvalue weighted by Gasteiger charge is -2.36. The van der Waals surface area contributed by atoms with Crippen LogP contribution < -0.4 is 24.7 Å². The summed E-state index contributed by atoms with van der Waals surface area (Å²) in [6.45, 7) is 5.36. The molecule has 9 nitrogen and oxygen atoms in total. The number of rotatable bonds is 5. The minimum absolute atomic E-state index is 0.0786. The molecule has 0 unspecified atom stereocenters. The molecule has 1 amide bonds. The van der Waals surface area contributed by atoms with Crippen LogP contribution in [0.4, 0.5) is 5.95 Å². The maximum absolute atomic E-state index is 13.2. The first-order chi connectivity index (χ1) is 16.5. The number of amides is 1. The van der Waals surface area contributed by atoms with Crippen LogP contribution in [0.1, 0.15) is 6.92 Å². The molecule has 0 saturated carbocycles. The fourth-order valence-corrected chi connectivity index (χ4v) is 4.41. The van der Waals surface area contributed by atoms with Gasteiger partial charge in [0, 0.05) is 38.8 Å². The molecule has 0 aliphatic carbocycles. The van der Waals surface area contributed by atoms with Gasteiger partial charge in [-0.2, -0.15) is 0 Å². The molecule has 0 atom stereocenters. The van der Waals surface area contributed by atoms with Gasteiger partial charge in [0.05, 0.1) is 15.9 Å². The minimum atomic E-state index is -0.119. The average molecular weight is 485 g/mol. The Morgan fingerprint density at radius 1 is 1.09 bits per heavy atom. The molecular weight excluding hydrogens is 460 g/mol. The molecule has 0 N–H and O–H groups in total. The Labute approximate surface area is 201 Å². The molecule has 0 spiro atoms. The zero-order valence-electron chi connectivity index (χ0n) is 18.8. The average Bonchev–Trinajstić information content (AvgIpc) is 2.87.